The van der Waals surface area contributed by atoms with Crippen LogP contribution in [0.5, 0.6) is 11.5 Å². The Bertz CT molecular complexity index is 909. The summed E-state index contributed by atoms with van der Waals surface area (Å²) in [6.45, 7) is -2.99. The van der Waals surface area contributed by atoms with E-state index in [1.807, 2.05) is 0 Å². The van der Waals surface area contributed by atoms with Crippen LogP contribution in [0.3, 0.4) is 0 Å². The summed E-state index contributed by atoms with van der Waals surface area (Å²) in [5.41, 5.74) is 0.758. The summed E-state index contributed by atoms with van der Waals surface area (Å²) < 4.78 is 52.4. The molecule has 0 saturated carbocycles. The number of hydrogen-bond acceptors (Lipinski definition) is 5. The maximum atomic E-state index is 13.3. The Morgan fingerprint density at radius 3 is 2.65 bits per heavy atom. The predicted molar refractivity (Wildman–Crippen MR) is 86.6 cm³/mol. The van der Waals surface area contributed by atoms with Gasteiger partial charge >= 0.3 is 12.6 Å². The summed E-state index contributed by atoms with van der Waals surface area (Å²) in [5.74, 6) is -1.29. The van der Waals surface area contributed by atoms with Crippen LogP contribution in [0.1, 0.15) is 11.1 Å². The minimum Gasteiger partial charge on any atom is -0.493 e. The van der Waals surface area contributed by atoms with Crippen LogP contribution in [0.25, 0.3) is 6.08 Å². The highest BCUT2D eigenvalue weighted by atomic mass is 19.3. The molecule has 134 valence electrons. The number of methoxy groups -OCH3 is 1. The number of benzene rings is 2. The van der Waals surface area contributed by atoms with E-state index in [9.17, 15) is 18.0 Å². The van der Waals surface area contributed by atoms with Gasteiger partial charge in [-0.15, -0.1) is 0 Å². The standard InChI is InChI=1S/C18H12F3NO4/c1-24-15-8-10(5-6-14(15)25-18(20)21)7-13-17(23)26-16(22-13)11-3-2-4-12(19)9-11/h2-9,18H,1H3/b13-7+. The van der Waals surface area contributed by atoms with Gasteiger partial charge < -0.3 is 14.2 Å². The van der Waals surface area contributed by atoms with Crippen molar-refractivity contribution in [3.8, 4) is 11.5 Å². The van der Waals surface area contributed by atoms with E-state index in [0.29, 0.717) is 11.1 Å². The molecule has 0 spiro atoms. The molecule has 2 aromatic rings. The molecule has 1 heterocycles. The molecule has 0 aliphatic carbocycles. The molecule has 8 heteroatoms. The highest BCUT2D eigenvalue weighted by molar-refractivity contribution is 6.12. The number of rotatable bonds is 5. The molecule has 1 aliphatic rings. The first-order chi connectivity index (χ1) is 12.5. The molecule has 0 unspecified atom stereocenters. The third kappa shape index (κ3) is 3.85. The van der Waals surface area contributed by atoms with Crippen molar-refractivity contribution >= 4 is 17.9 Å². The summed E-state index contributed by atoms with van der Waals surface area (Å²) in [5, 5.41) is 0. The molecule has 0 bridgehead atoms. The maximum Gasteiger partial charge on any atom is 0.387 e. The summed E-state index contributed by atoms with van der Waals surface area (Å²) in [6, 6.07) is 9.62. The molecule has 0 radical (unpaired) electrons. The second-order valence-corrected chi connectivity index (χ2v) is 5.14. The fourth-order valence-corrected chi connectivity index (χ4v) is 2.28. The molecule has 0 aromatic heterocycles. The van der Waals surface area contributed by atoms with Gasteiger partial charge in [0, 0.05) is 5.56 Å². The number of alkyl halides is 2. The Labute approximate surface area is 146 Å². The summed E-state index contributed by atoms with van der Waals surface area (Å²) in [4.78, 5) is 16.0. The van der Waals surface area contributed by atoms with Crippen molar-refractivity contribution in [2.75, 3.05) is 7.11 Å². The first-order valence-corrected chi connectivity index (χ1v) is 7.37. The molecule has 0 amide bonds. The lowest BCUT2D eigenvalue weighted by Crippen LogP contribution is -2.05. The van der Waals surface area contributed by atoms with E-state index in [2.05, 4.69) is 9.73 Å². The highest BCUT2D eigenvalue weighted by Crippen LogP contribution is 2.31. The SMILES string of the molecule is COc1cc(/C=C2/N=C(c3cccc(F)c3)OC2=O)ccc1OC(F)F. The summed E-state index contributed by atoms with van der Waals surface area (Å²) in [6.07, 6.45) is 1.39. The van der Waals surface area contributed by atoms with Crippen molar-refractivity contribution in [3.05, 3.63) is 65.1 Å². The number of hydrogen-bond donors (Lipinski definition) is 0. The Morgan fingerprint density at radius 2 is 1.96 bits per heavy atom. The predicted octanol–water partition coefficient (Wildman–Crippen LogP) is 3.78. The van der Waals surface area contributed by atoms with Crippen LogP contribution in [0, 0.1) is 5.82 Å². The van der Waals surface area contributed by atoms with Crippen LogP contribution in [0.15, 0.2) is 53.2 Å². The average Bonchev–Trinajstić information content (AvgIpc) is 2.96. The Hall–Kier alpha value is -3.29. The van der Waals surface area contributed by atoms with E-state index in [4.69, 9.17) is 9.47 Å². The molecule has 5 nitrogen and oxygen atoms in total. The van der Waals surface area contributed by atoms with Crippen LogP contribution < -0.4 is 9.47 Å². The van der Waals surface area contributed by atoms with Gasteiger partial charge in [-0.05, 0) is 42.0 Å². The molecule has 0 atom stereocenters. The lowest BCUT2D eigenvalue weighted by atomic mass is 10.1. The first kappa shape index (κ1) is 17.5. The van der Waals surface area contributed by atoms with E-state index >= 15 is 0 Å². The zero-order valence-corrected chi connectivity index (χ0v) is 13.4. The lowest BCUT2D eigenvalue weighted by molar-refractivity contribution is -0.129. The van der Waals surface area contributed by atoms with Crippen molar-refractivity contribution < 1.29 is 32.2 Å². The number of aliphatic imine (C=N–C) groups is 1. The normalized spacial score (nSPS) is 15.2. The summed E-state index contributed by atoms with van der Waals surface area (Å²) in [7, 11) is 1.30. The van der Waals surface area contributed by atoms with Crippen LogP contribution in [-0.4, -0.2) is 25.6 Å². The molecule has 1 aliphatic heterocycles. The number of esters is 1. The number of carbonyl (C=O) groups excluding carboxylic acids is 1. The van der Waals surface area contributed by atoms with Gasteiger partial charge in [0.15, 0.2) is 17.2 Å². The largest absolute Gasteiger partial charge is 0.493 e. The molecule has 26 heavy (non-hydrogen) atoms. The van der Waals surface area contributed by atoms with Gasteiger partial charge in [0.2, 0.25) is 5.90 Å². The monoisotopic (exact) mass is 363 g/mol. The Balaban J connectivity index is 1.90. The van der Waals surface area contributed by atoms with Crippen molar-refractivity contribution in [2.45, 2.75) is 6.61 Å². The van der Waals surface area contributed by atoms with E-state index in [-0.39, 0.29) is 23.1 Å². The van der Waals surface area contributed by atoms with Crippen molar-refractivity contribution in [1.82, 2.24) is 0 Å². The zero-order chi connectivity index (χ0) is 18.7. The van der Waals surface area contributed by atoms with Crippen LogP contribution in [-0.2, 0) is 9.53 Å². The van der Waals surface area contributed by atoms with Crippen LogP contribution >= 0.6 is 0 Å². The summed E-state index contributed by atoms with van der Waals surface area (Å²) >= 11 is 0. The van der Waals surface area contributed by atoms with E-state index in [1.165, 1.54) is 49.6 Å². The lowest BCUT2D eigenvalue weighted by Gasteiger charge is -2.10. The van der Waals surface area contributed by atoms with Crippen molar-refractivity contribution in [3.63, 3.8) is 0 Å². The topological polar surface area (TPSA) is 57.1 Å². The Kier molecular flexibility index (Phi) is 4.92. The molecule has 0 fully saturated rings. The van der Waals surface area contributed by atoms with Crippen LogP contribution in [0.4, 0.5) is 13.2 Å². The van der Waals surface area contributed by atoms with Gasteiger partial charge in [0.1, 0.15) is 5.82 Å². The molecule has 0 N–H and O–H groups in total. The number of halogens is 3. The smallest absolute Gasteiger partial charge is 0.387 e. The van der Waals surface area contributed by atoms with E-state index in [0.717, 1.165) is 0 Å². The van der Waals surface area contributed by atoms with Gasteiger partial charge in [0.25, 0.3) is 0 Å². The van der Waals surface area contributed by atoms with Crippen molar-refractivity contribution in [1.29, 1.82) is 0 Å². The second kappa shape index (κ2) is 7.30. The van der Waals surface area contributed by atoms with E-state index < -0.39 is 18.4 Å². The molecular weight excluding hydrogens is 351 g/mol. The number of cyclic esters (lactones) is 1. The van der Waals surface area contributed by atoms with Gasteiger partial charge in [-0.1, -0.05) is 12.1 Å². The van der Waals surface area contributed by atoms with E-state index in [1.54, 1.807) is 6.07 Å². The molecule has 3 rings (SSSR count). The number of nitrogens with zero attached hydrogens (tertiary/aromatic N) is 1. The maximum absolute atomic E-state index is 13.3. The first-order valence-electron chi connectivity index (χ1n) is 7.37. The number of ether oxygens (including phenoxy) is 3. The van der Waals surface area contributed by atoms with Crippen molar-refractivity contribution in [2.24, 2.45) is 4.99 Å². The quantitative estimate of drug-likeness (QED) is 0.599. The van der Waals surface area contributed by atoms with Gasteiger partial charge in [-0.3, -0.25) is 0 Å². The second-order valence-electron chi connectivity index (χ2n) is 5.14. The Morgan fingerprint density at radius 1 is 1.15 bits per heavy atom. The fraction of sp³-hybridized carbons (Fsp3) is 0.111. The number of carbonyl (C=O) groups is 1. The third-order valence-electron chi connectivity index (χ3n) is 3.40. The zero-order valence-electron chi connectivity index (χ0n) is 13.4. The van der Waals surface area contributed by atoms with Gasteiger partial charge in [-0.2, -0.15) is 8.78 Å². The van der Waals surface area contributed by atoms with Gasteiger partial charge in [0.05, 0.1) is 7.11 Å². The third-order valence-corrected chi connectivity index (χ3v) is 3.40. The molecular formula is C18H12F3NO4. The minimum absolute atomic E-state index is 0.0196. The molecule has 2 aromatic carbocycles. The fourth-order valence-electron chi connectivity index (χ4n) is 2.28. The van der Waals surface area contributed by atoms with Crippen LogP contribution in [0.2, 0.25) is 0 Å². The minimum atomic E-state index is -2.99. The van der Waals surface area contributed by atoms with Gasteiger partial charge in [-0.25, -0.2) is 14.2 Å². The highest BCUT2D eigenvalue weighted by Gasteiger charge is 2.24. The molecule has 0 saturated heterocycles. The average molecular weight is 363 g/mol.